The molecule has 0 aromatic heterocycles. The average Bonchev–Trinajstić information content (AvgIpc) is 2.88. The lowest BCUT2D eigenvalue weighted by Gasteiger charge is -2.17. The lowest BCUT2D eigenvalue weighted by molar-refractivity contribution is -0.123. The number of hydrogen-bond donors (Lipinski definition) is 2. The molecule has 1 heterocycles. The average molecular weight is 283 g/mol. The second kappa shape index (κ2) is 6.37. The van der Waals surface area contributed by atoms with Crippen molar-refractivity contribution in [1.29, 1.82) is 0 Å². The number of methoxy groups -OCH3 is 1. The summed E-state index contributed by atoms with van der Waals surface area (Å²) >= 11 is 5.85. The fourth-order valence-electron chi connectivity index (χ4n) is 2.23. The highest BCUT2D eigenvalue weighted by Crippen LogP contribution is 2.17. The Morgan fingerprint density at radius 2 is 2.16 bits per heavy atom. The maximum absolute atomic E-state index is 12.1. The lowest BCUT2D eigenvalue weighted by atomic mass is 10.1. The summed E-state index contributed by atoms with van der Waals surface area (Å²) in [6.45, 7) is 2.69. The van der Waals surface area contributed by atoms with E-state index in [-0.39, 0.29) is 24.1 Å². The second-order valence-electron chi connectivity index (χ2n) is 4.84. The standard InChI is InChI=1S/C14H19ClN2O2/c1-9(10-3-5-11(15)6-4-10)17-14(18)13-7-12(19-2)8-16-13/h3-6,9,12-13,16H,7-8H2,1-2H3,(H,17,18)/t9-,12?,13?/m1/s1. The van der Waals surface area contributed by atoms with Crippen LogP contribution in [0.2, 0.25) is 5.02 Å². The van der Waals surface area contributed by atoms with E-state index in [1.165, 1.54) is 0 Å². The number of halogens is 1. The maximum Gasteiger partial charge on any atom is 0.237 e. The van der Waals surface area contributed by atoms with E-state index in [4.69, 9.17) is 16.3 Å². The molecular formula is C14H19ClN2O2. The summed E-state index contributed by atoms with van der Waals surface area (Å²) in [4.78, 5) is 12.1. The van der Waals surface area contributed by atoms with Crippen molar-refractivity contribution in [2.45, 2.75) is 31.5 Å². The smallest absolute Gasteiger partial charge is 0.237 e. The number of benzene rings is 1. The van der Waals surface area contributed by atoms with E-state index in [0.717, 1.165) is 18.5 Å². The topological polar surface area (TPSA) is 50.4 Å². The molecule has 104 valence electrons. The van der Waals surface area contributed by atoms with Gasteiger partial charge in [-0.1, -0.05) is 23.7 Å². The van der Waals surface area contributed by atoms with Gasteiger partial charge in [-0.05, 0) is 31.0 Å². The van der Waals surface area contributed by atoms with Gasteiger partial charge in [0.05, 0.1) is 18.2 Å². The highest BCUT2D eigenvalue weighted by molar-refractivity contribution is 6.30. The van der Waals surface area contributed by atoms with E-state index in [2.05, 4.69) is 10.6 Å². The summed E-state index contributed by atoms with van der Waals surface area (Å²) in [6.07, 6.45) is 0.844. The molecule has 1 fully saturated rings. The Morgan fingerprint density at radius 1 is 1.47 bits per heavy atom. The van der Waals surface area contributed by atoms with Crippen molar-refractivity contribution in [3.8, 4) is 0 Å². The van der Waals surface area contributed by atoms with Crippen molar-refractivity contribution < 1.29 is 9.53 Å². The molecule has 4 nitrogen and oxygen atoms in total. The molecule has 0 radical (unpaired) electrons. The van der Waals surface area contributed by atoms with Gasteiger partial charge in [0.1, 0.15) is 0 Å². The molecule has 1 amide bonds. The van der Waals surface area contributed by atoms with Crippen LogP contribution in [0, 0.1) is 0 Å². The van der Waals surface area contributed by atoms with Gasteiger partial charge in [-0.15, -0.1) is 0 Å². The van der Waals surface area contributed by atoms with Gasteiger partial charge in [0.15, 0.2) is 0 Å². The predicted molar refractivity (Wildman–Crippen MR) is 75.2 cm³/mol. The molecule has 0 aliphatic carbocycles. The molecule has 2 rings (SSSR count). The van der Waals surface area contributed by atoms with Gasteiger partial charge >= 0.3 is 0 Å². The Balaban J connectivity index is 1.90. The van der Waals surface area contributed by atoms with Gasteiger partial charge in [-0.25, -0.2) is 0 Å². The lowest BCUT2D eigenvalue weighted by Crippen LogP contribution is -2.41. The van der Waals surface area contributed by atoms with Crippen molar-refractivity contribution >= 4 is 17.5 Å². The highest BCUT2D eigenvalue weighted by Gasteiger charge is 2.29. The van der Waals surface area contributed by atoms with E-state index in [9.17, 15) is 4.79 Å². The van der Waals surface area contributed by atoms with Crippen LogP contribution < -0.4 is 10.6 Å². The van der Waals surface area contributed by atoms with E-state index in [1.807, 2.05) is 31.2 Å². The first-order valence-corrected chi connectivity index (χ1v) is 6.80. The Morgan fingerprint density at radius 3 is 2.74 bits per heavy atom. The van der Waals surface area contributed by atoms with E-state index in [0.29, 0.717) is 5.02 Å². The molecule has 1 aromatic carbocycles. The van der Waals surface area contributed by atoms with E-state index < -0.39 is 0 Å². The second-order valence-corrected chi connectivity index (χ2v) is 5.27. The molecule has 1 saturated heterocycles. The molecule has 2 N–H and O–H groups in total. The summed E-state index contributed by atoms with van der Waals surface area (Å²) in [6, 6.07) is 7.30. The van der Waals surface area contributed by atoms with Crippen LogP contribution in [0.1, 0.15) is 24.9 Å². The summed E-state index contributed by atoms with van der Waals surface area (Å²) in [5, 5.41) is 6.86. The van der Waals surface area contributed by atoms with Crippen LogP contribution in [0.3, 0.4) is 0 Å². The first-order chi connectivity index (χ1) is 9.10. The molecule has 1 aromatic rings. The first-order valence-electron chi connectivity index (χ1n) is 6.42. The fraction of sp³-hybridized carbons (Fsp3) is 0.500. The molecule has 5 heteroatoms. The van der Waals surface area contributed by atoms with Crippen molar-refractivity contribution in [1.82, 2.24) is 10.6 Å². The Hall–Kier alpha value is -1.10. The molecule has 19 heavy (non-hydrogen) atoms. The number of rotatable bonds is 4. The van der Waals surface area contributed by atoms with Crippen LogP contribution >= 0.6 is 11.6 Å². The van der Waals surface area contributed by atoms with Gasteiger partial charge < -0.3 is 15.4 Å². The van der Waals surface area contributed by atoms with Crippen LogP contribution in [-0.4, -0.2) is 31.7 Å². The van der Waals surface area contributed by atoms with Crippen molar-refractivity contribution in [3.63, 3.8) is 0 Å². The van der Waals surface area contributed by atoms with Crippen LogP contribution in [0.4, 0.5) is 0 Å². The zero-order valence-corrected chi connectivity index (χ0v) is 11.9. The van der Waals surface area contributed by atoms with Crippen LogP contribution in [0.15, 0.2) is 24.3 Å². The summed E-state index contributed by atoms with van der Waals surface area (Å²) in [5.41, 5.74) is 1.04. The first kappa shape index (κ1) is 14.3. The third kappa shape index (κ3) is 3.69. The molecule has 1 aliphatic rings. The molecule has 0 bridgehead atoms. The molecule has 3 atom stereocenters. The number of carbonyl (C=O) groups is 1. The van der Waals surface area contributed by atoms with Gasteiger partial charge in [0.25, 0.3) is 0 Å². The molecular weight excluding hydrogens is 264 g/mol. The Bertz CT molecular complexity index is 436. The predicted octanol–water partition coefficient (Wildman–Crippen LogP) is 1.89. The number of nitrogens with one attached hydrogen (secondary N) is 2. The van der Waals surface area contributed by atoms with Crippen molar-refractivity contribution in [2.24, 2.45) is 0 Å². The zero-order chi connectivity index (χ0) is 13.8. The van der Waals surface area contributed by atoms with Gasteiger partial charge in [-0.2, -0.15) is 0 Å². The summed E-state index contributed by atoms with van der Waals surface area (Å²) in [5.74, 6) is 0.0157. The SMILES string of the molecule is COC1CNC(C(=O)N[C@H](C)c2ccc(Cl)cc2)C1. The van der Waals surface area contributed by atoms with Crippen LogP contribution in [-0.2, 0) is 9.53 Å². The fourth-order valence-corrected chi connectivity index (χ4v) is 2.36. The molecule has 0 spiro atoms. The van der Waals surface area contributed by atoms with Crippen LogP contribution in [0.5, 0.6) is 0 Å². The van der Waals surface area contributed by atoms with Gasteiger partial charge in [0.2, 0.25) is 5.91 Å². The minimum atomic E-state index is -0.167. The third-order valence-corrected chi connectivity index (χ3v) is 3.72. The Labute approximate surface area is 118 Å². The highest BCUT2D eigenvalue weighted by atomic mass is 35.5. The van der Waals surface area contributed by atoms with Crippen molar-refractivity contribution in [2.75, 3.05) is 13.7 Å². The van der Waals surface area contributed by atoms with Gasteiger partial charge in [0, 0.05) is 18.7 Å². The van der Waals surface area contributed by atoms with Crippen molar-refractivity contribution in [3.05, 3.63) is 34.9 Å². The number of carbonyl (C=O) groups excluding carboxylic acids is 1. The maximum atomic E-state index is 12.1. The van der Waals surface area contributed by atoms with Crippen LogP contribution in [0.25, 0.3) is 0 Å². The normalized spacial score (nSPS) is 24.2. The summed E-state index contributed by atoms with van der Waals surface area (Å²) < 4.78 is 5.24. The Kier molecular flexibility index (Phi) is 4.80. The van der Waals surface area contributed by atoms with E-state index in [1.54, 1.807) is 7.11 Å². The molecule has 1 aliphatic heterocycles. The number of ether oxygens (including phenoxy) is 1. The number of amides is 1. The quantitative estimate of drug-likeness (QED) is 0.887. The van der Waals surface area contributed by atoms with Gasteiger partial charge in [-0.3, -0.25) is 4.79 Å². The molecule has 2 unspecified atom stereocenters. The minimum absolute atomic E-state index is 0.0157. The summed E-state index contributed by atoms with van der Waals surface area (Å²) in [7, 11) is 1.67. The zero-order valence-electron chi connectivity index (χ0n) is 11.2. The molecule has 0 saturated carbocycles. The third-order valence-electron chi connectivity index (χ3n) is 3.47. The minimum Gasteiger partial charge on any atom is -0.380 e. The largest absolute Gasteiger partial charge is 0.380 e. The monoisotopic (exact) mass is 282 g/mol. The number of hydrogen-bond acceptors (Lipinski definition) is 3. The van der Waals surface area contributed by atoms with E-state index >= 15 is 0 Å².